The van der Waals surface area contributed by atoms with Crippen LogP contribution in [0.2, 0.25) is 0 Å². The quantitative estimate of drug-likeness (QED) is 0.222. The molecule has 1 heterocycles. The number of aryl methyl sites for hydroxylation is 1. The summed E-state index contributed by atoms with van der Waals surface area (Å²) in [6.45, 7) is 1.86. The maximum absolute atomic E-state index is 13.2. The Hall–Kier alpha value is -5.05. The van der Waals surface area contributed by atoms with Crippen LogP contribution in [0.4, 0.5) is 23.7 Å². The summed E-state index contributed by atoms with van der Waals surface area (Å²) in [4.78, 5) is 25.8. The van der Waals surface area contributed by atoms with Gasteiger partial charge in [0.25, 0.3) is 5.91 Å². The molecular formula is C32H26F3N3O3. The van der Waals surface area contributed by atoms with Gasteiger partial charge < -0.3 is 19.9 Å². The van der Waals surface area contributed by atoms with Gasteiger partial charge in [-0.15, -0.1) is 0 Å². The molecule has 0 saturated heterocycles. The maximum Gasteiger partial charge on any atom is 0.416 e. The lowest BCUT2D eigenvalue weighted by atomic mass is 9.98. The van der Waals surface area contributed by atoms with E-state index in [9.17, 15) is 22.8 Å². The van der Waals surface area contributed by atoms with Crippen molar-refractivity contribution in [2.45, 2.75) is 19.1 Å². The molecule has 5 rings (SSSR count). The predicted molar refractivity (Wildman–Crippen MR) is 152 cm³/mol. The number of hydrogen-bond acceptors (Lipinski definition) is 3. The molecule has 0 aliphatic rings. The van der Waals surface area contributed by atoms with Crippen LogP contribution in [0.5, 0.6) is 5.88 Å². The second kappa shape index (κ2) is 11.2. The number of carbonyl (C=O) groups is 2. The SMILES string of the molecule is C[C@@H](NC(=O)Oc1cc(NC(=O)c2ccccc2-c2ccc(C(F)(F)F)cc2)cn1C)c1ccc2ccccc2c1. The number of rotatable bonds is 6. The van der Waals surface area contributed by atoms with E-state index in [1.807, 2.05) is 49.4 Å². The monoisotopic (exact) mass is 557 g/mol. The first-order valence-electron chi connectivity index (χ1n) is 12.8. The molecule has 9 heteroatoms. The van der Waals surface area contributed by atoms with Gasteiger partial charge in [0.05, 0.1) is 17.3 Å². The molecule has 1 aromatic heterocycles. The van der Waals surface area contributed by atoms with Gasteiger partial charge in [0.2, 0.25) is 5.88 Å². The predicted octanol–water partition coefficient (Wildman–Crippen LogP) is 7.97. The molecule has 6 nitrogen and oxygen atoms in total. The molecule has 0 aliphatic carbocycles. The van der Waals surface area contributed by atoms with Crippen molar-refractivity contribution in [2.24, 2.45) is 7.05 Å². The number of nitrogens with one attached hydrogen (secondary N) is 2. The zero-order valence-corrected chi connectivity index (χ0v) is 22.2. The second-order valence-electron chi connectivity index (χ2n) is 9.61. The number of nitrogens with zero attached hydrogens (tertiary/aromatic N) is 1. The number of benzene rings is 4. The molecule has 0 aliphatic heterocycles. The number of halogens is 3. The smallest absolute Gasteiger partial charge is 0.393 e. The average molecular weight is 558 g/mol. The summed E-state index contributed by atoms with van der Waals surface area (Å²) in [7, 11) is 1.67. The van der Waals surface area contributed by atoms with Crippen molar-refractivity contribution in [2.75, 3.05) is 5.32 Å². The highest BCUT2D eigenvalue weighted by Gasteiger charge is 2.30. The third-order valence-electron chi connectivity index (χ3n) is 6.72. The molecule has 2 N–H and O–H groups in total. The van der Waals surface area contributed by atoms with E-state index >= 15 is 0 Å². The molecule has 0 fully saturated rings. The van der Waals surface area contributed by atoms with Crippen LogP contribution in [-0.4, -0.2) is 16.6 Å². The Labute approximate surface area is 234 Å². The topological polar surface area (TPSA) is 72.4 Å². The Morgan fingerprint density at radius 3 is 2.27 bits per heavy atom. The molecule has 2 amide bonds. The highest BCUT2D eigenvalue weighted by molar-refractivity contribution is 6.08. The summed E-state index contributed by atoms with van der Waals surface area (Å²) in [5.74, 6) is -0.258. The molecule has 0 spiro atoms. The lowest BCUT2D eigenvalue weighted by Gasteiger charge is -2.15. The van der Waals surface area contributed by atoms with Crippen LogP contribution < -0.4 is 15.4 Å². The summed E-state index contributed by atoms with van der Waals surface area (Å²) in [5.41, 5.74) is 1.76. The van der Waals surface area contributed by atoms with E-state index in [1.165, 1.54) is 18.2 Å². The summed E-state index contributed by atoms with van der Waals surface area (Å²) in [5, 5.41) is 7.76. The van der Waals surface area contributed by atoms with Gasteiger partial charge in [0.15, 0.2) is 0 Å². The molecule has 0 unspecified atom stereocenters. The standard InChI is InChI=1S/C32H26F3N3O3/c1-20(23-12-11-21-7-3-4-8-24(21)17-23)36-31(40)41-29-18-26(19-38(29)2)37-30(39)28-10-6-5-9-27(28)22-13-15-25(16-14-22)32(33,34)35/h3-20H,1-2H3,(H,36,40)(H,37,39)/t20-/m1/s1. The summed E-state index contributed by atoms with van der Waals surface area (Å²) < 4.78 is 46.0. The fourth-order valence-corrected chi connectivity index (χ4v) is 4.55. The van der Waals surface area contributed by atoms with Crippen LogP contribution in [0.25, 0.3) is 21.9 Å². The third-order valence-corrected chi connectivity index (χ3v) is 6.72. The number of carbonyl (C=O) groups excluding carboxylic acids is 2. The first kappa shape index (κ1) is 27.5. The van der Waals surface area contributed by atoms with Gasteiger partial charge >= 0.3 is 12.3 Å². The van der Waals surface area contributed by atoms with Gasteiger partial charge in [-0.25, -0.2) is 4.79 Å². The maximum atomic E-state index is 13.2. The Balaban J connectivity index is 1.26. The van der Waals surface area contributed by atoms with Crippen molar-refractivity contribution < 1.29 is 27.5 Å². The van der Waals surface area contributed by atoms with Gasteiger partial charge in [0, 0.05) is 24.9 Å². The Kier molecular flexibility index (Phi) is 7.52. The first-order chi connectivity index (χ1) is 19.6. The fraction of sp³-hybridized carbons (Fsp3) is 0.125. The fourth-order valence-electron chi connectivity index (χ4n) is 4.55. The average Bonchev–Trinajstić information content (AvgIpc) is 3.29. The van der Waals surface area contributed by atoms with E-state index in [1.54, 1.807) is 42.1 Å². The Morgan fingerprint density at radius 2 is 1.54 bits per heavy atom. The van der Waals surface area contributed by atoms with Gasteiger partial charge in [-0.05, 0) is 58.7 Å². The summed E-state index contributed by atoms with van der Waals surface area (Å²) in [6, 6.07) is 26.4. The molecule has 0 saturated carbocycles. The first-order valence-corrected chi connectivity index (χ1v) is 12.8. The molecule has 5 aromatic rings. The zero-order chi connectivity index (χ0) is 29.1. The van der Waals surface area contributed by atoms with E-state index in [0.29, 0.717) is 16.8 Å². The van der Waals surface area contributed by atoms with Gasteiger partial charge in [-0.1, -0.05) is 66.7 Å². The molecular weight excluding hydrogens is 531 g/mol. The molecule has 41 heavy (non-hydrogen) atoms. The van der Waals surface area contributed by atoms with E-state index < -0.39 is 23.7 Å². The number of fused-ring (bicyclic) bond motifs is 1. The third kappa shape index (κ3) is 6.24. The van der Waals surface area contributed by atoms with E-state index in [-0.39, 0.29) is 17.5 Å². The molecule has 0 radical (unpaired) electrons. The highest BCUT2D eigenvalue weighted by Crippen LogP contribution is 2.32. The number of anilines is 1. The summed E-state index contributed by atoms with van der Waals surface area (Å²) in [6.07, 6.45) is -3.51. The van der Waals surface area contributed by atoms with Crippen LogP contribution in [0.3, 0.4) is 0 Å². The minimum absolute atomic E-state index is 0.208. The Morgan fingerprint density at radius 1 is 0.854 bits per heavy atom. The van der Waals surface area contributed by atoms with Crippen LogP contribution in [0.15, 0.2) is 103 Å². The van der Waals surface area contributed by atoms with E-state index in [4.69, 9.17) is 4.74 Å². The van der Waals surface area contributed by atoms with Crippen molar-refractivity contribution in [1.29, 1.82) is 0 Å². The molecule has 0 bridgehead atoms. The molecule has 208 valence electrons. The van der Waals surface area contributed by atoms with E-state index in [2.05, 4.69) is 10.6 Å². The van der Waals surface area contributed by atoms with Crippen molar-refractivity contribution in [1.82, 2.24) is 9.88 Å². The second-order valence-corrected chi connectivity index (χ2v) is 9.61. The number of amides is 2. The number of ether oxygens (including phenoxy) is 1. The van der Waals surface area contributed by atoms with Gasteiger partial charge in [0.1, 0.15) is 0 Å². The lowest BCUT2D eigenvalue weighted by molar-refractivity contribution is -0.137. The minimum atomic E-state index is -4.45. The normalized spacial score (nSPS) is 12.1. The number of hydrogen-bond donors (Lipinski definition) is 2. The van der Waals surface area contributed by atoms with Crippen LogP contribution in [0, 0.1) is 0 Å². The molecule has 4 aromatic carbocycles. The van der Waals surface area contributed by atoms with Gasteiger partial charge in [-0.2, -0.15) is 13.2 Å². The van der Waals surface area contributed by atoms with Crippen molar-refractivity contribution in [3.63, 3.8) is 0 Å². The number of aromatic nitrogens is 1. The largest absolute Gasteiger partial charge is 0.416 e. The van der Waals surface area contributed by atoms with E-state index in [0.717, 1.165) is 28.5 Å². The van der Waals surface area contributed by atoms with Crippen molar-refractivity contribution >= 4 is 28.5 Å². The lowest BCUT2D eigenvalue weighted by Crippen LogP contribution is -2.30. The zero-order valence-electron chi connectivity index (χ0n) is 22.2. The van der Waals surface area contributed by atoms with Crippen LogP contribution in [0.1, 0.15) is 34.5 Å². The highest BCUT2D eigenvalue weighted by atomic mass is 19.4. The van der Waals surface area contributed by atoms with Crippen molar-refractivity contribution in [3.8, 4) is 17.0 Å². The Bertz CT molecular complexity index is 1730. The minimum Gasteiger partial charge on any atom is -0.393 e. The number of alkyl halides is 3. The molecule has 1 atom stereocenters. The van der Waals surface area contributed by atoms with Crippen LogP contribution >= 0.6 is 0 Å². The summed E-state index contributed by atoms with van der Waals surface area (Å²) >= 11 is 0. The van der Waals surface area contributed by atoms with Gasteiger partial charge in [-0.3, -0.25) is 4.79 Å². The van der Waals surface area contributed by atoms with Crippen molar-refractivity contribution in [3.05, 3.63) is 120 Å². The van der Waals surface area contributed by atoms with Crippen LogP contribution in [-0.2, 0) is 13.2 Å².